The van der Waals surface area contributed by atoms with Gasteiger partial charge in [0.25, 0.3) is 0 Å². The third-order valence-electron chi connectivity index (χ3n) is 4.15. The molecule has 5 nitrogen and oxygen atoms in total. The largest absolute Gasteiger partial charge is 0.434 e. The first-order valence-electron chi connectivity index (χ1n) is 7.56. The summed E-state index contributed by atoms with van der Waals surface area (Å²) in [5, 5.41) is 6.93. The Hall–Kier alpha value is -1.84. The molecule has 0 saturated heterocycles. The molecule has 1 aliphatic heterocycles. The number of alkyl halides is 3. The van der Waals surface area contributed by atoms with Crippen LogP contribution in [-0.4, -0.2) is 28.4 Å². The zero-order valence-corrected chi connectivity index (χ0v) is 15.8. The summed E-state index contributed by atoms with van der Waals surface area (Å²) in [6.45, 7) is 1.65. The number of hydrogen-bond donors (Lipinski definition) is 0. The van der Waals surface area contributed by atoms with Crippen LogP contribution in [0.5, 0.6) is 0 Å². The van der Waals surface area contributed by atoms with Crippen LogP contribution in [0.15, 0.2) is 17.3 Å². The van der Waals surface area contributed by atoms with E-state index in [1.54, 1.807) is 6.92 Å². The lowest BCUT2D eigenvalue weighted by Gasteiger charge is -2.18. The van der Waals surface area contributed by atoms with E-state index in [0.29, 0.717) is 10.4 Å². The highest BCUT2D eigenvalue weighted by molar-refractivity contribution is 6.35. The topological polar surface area (TPSA) is 48.6 Å². The van der Waals surface area contributed by atoms with E-state index in [9.17, 15) is 17.6 Å². The Bertz CT molecular complexity index is 943. The highest BCUT2D eigenvalue weighted by atomic mass is 35.5. The number of benzene rings is 1. The third-order valence-corrected chi connectivity index (χ3v) is 4.82. The summed E-state index contributed by atoms with van der Waals surface area (Å²) >= 11 is 12.0. The van der Waals surface area contributed by atoms with Gasteiger partial charge in [-0.25, -0.2) is 4.39 Å². The van der Waals surface area contributed by atoms with Gasteiger partial charge in [0.15, 0.2) is 5.69 Å². The van der Waals surface area contributed by atoms with E-state index in [1.165, 1.54) is 13.2 Å². The first-order chi connectivity index (χ1) is 12.5. The number of ether oxygens (including phenoxy) is 1. The second-order valence-corrected chi connectivity index (χ2v) is 6.87. The fourth-order valence-electron chi connectivity index (χ4n) is 2.70. The van der Waals surface area contributed by atoms with Gasteiger partial charge in [-0.1, -0.05) is 28.4 Å². The molecule has 0 fully saturated rings. The molecule has 2 heterocycles. The first kappa shape index (κ1) is 19.9. The van der Waals surface area contributed by atoms with E-state index < -0.39 is 28.5 Å². The number of halogens is 6. The van der Waals surface area contributed by atoms with Crippen LogP contribution < -0.4 is 0 Å². The van der Waals surface area contributed by atoms with Crippen molar-refractivity contribution in [1.29, 1.82) is 0 Å². The highest BCUT2D eigenvalue weighted by Crippen LogP contribution is 2.41. The van der Waals surface area contributed by atoms with E-state index >= 15 is 0 Å². The van der Waals surface area contributed by atoms with Crippen molar-refractivity contribution in [2.45, 2.75) is 25.3 Å². The molecule has 11 heteroatoms. The van der Waals surface area contributed by atoms with Gasteiger partial charge in [0, 0.05) is 32.2 Å². The molecule has 0 spiro atoms. The van der Waals surface area contributed by atoms with Crippen LogP contribution in [0.1, 0.15) is 24.6 Å². The van der Waals surface area contributed by atoms with Gasteiger partial charge >= 0.3 is 6.18 Å². The molecule has 146 valence electrons. The molecule has 0 amide bonds. The van der Waals surface area contributed by atoms with Gasteiger partial charge < -0.3 is 9.57 Å². The molecule has 3 rings (SSSR count). The Labute approximate surface area is 161 Å². The quantitative estimate of drug-likeness (QED) is 0.647. The van der Waals surface area contributed by atoms with Gasteiger partial charge in [-0.15, -0.1) is 0 Å². The molecule has 0 aliphatic carbocycles. The molecule has 1 aliphatic rings. The van der Waals surface area contributed by atoms with E-state index in [-0.39, 0.29) is 28.3 Å². The monoisotopic (exact) mass is 425 g/mol. The molecule has 1 unspecified atom stereocenters. The van der Waals surface area contributed by atoms with Gasteiger partial charge in [-0.2, -0.15) is 18.3 Å². The molecular formula is C16H13Cl2F4N3O2. The minimum atomic E-state index is -4.74. The van der Waals surface area contributed by atoms with Gasteiger partial charge in [0.1, 0.15) is 11.5 Å². The minimum absolute atomic E-state index is 0.0158. The SMILES string of the molecule is COC1(C)CC(c2cc(-c3nn(C)c(C(F)(F)F)c3Cl)c(F)cc2Cl)=NO1. The van der Waals surface area contributed by atoms with Crippen LogP contribution in [-0.2, 0) is 22.8 Å². The van der Waals surface area contributed by atoms with Crippen molar-refractivity contribution in [3.8, 4) is 11.3 Å². The van der Waals surface area contributed by atoms with Crippen LogP contribution in [0.25, 0.3) is 11.3 Å². The zero-order valence-electron chi connectivity index (χ0n) is 14.3. The van der Waals surface area contributed by atoms with Crippen molar-refractivity contribution in [3.63, 3.8) is 0 Å². The first-order valence-corrected chi connectivity index (χ1v) is 8.32. The van der Waals surface area contributed by atoms with Crippen molar-refractivity contribution < 1.29 is 27.1 Å². The summed E-state index contributed by atoms with van der Waals surface area (Å²) in [5.74, 6) is -1.88. The standard InChI is InChI=1S/C16H13Cl2F4N3O2/c1-15(26-3)6-11(24-27-15)7-4-8(10(19)5-9(7)17)13-12(18)14(16(20,21)22)25(2)23-13/h4-5H,6H2,1-3H3. The number of aromatic nitrogens is 2. The maximum Gasteiger partial charge on any atom is 0.434 e. The summed E-state index contributed by atoms with van der Waals surface area (Å²) < 4.78 is 59.6. The number of nitrogens with zero attached hydrogens (tertiary/aromatic N) is 3. The van der Waals surface area contributed by atoms with Crippen LogP contribution in [0.4, 0.5) is 17.6 Å². The molecule has 1 atom stereocenters. The van der Waals surface area contributed by atoms with E-state index in [0.717, 1.165) is 13.1 Å². The van der Waals surface area contributed by atoms with Crippen molar-refractivity contribution >= 4 is 28.9 Å². The number of methoxy groups -OCH3 is 1. The lowest BCUT2D eigenvalue weighted by atomic mass is 10.00. The van der Waals surface area contributed by atoms with Gasteiger partial charge in [-0.3, -0.25) is 4.68 Å². The number of hydrogen-bond acceptors (Lipinski definition) is 4. The Kier molecular flexibility index (Phi) is 4.90. The molecule has 27 heavy (non-hydrogen) atoms. The van der Waals surface area contributed by atoms with E-state index in [2.05, 4.69) is 10.3 Å². The summed E-state index contributed by atoms with van der Waals surface area (Å²) in [5.41, 5.74) is -1.13. The van der Waals surface area contributed by atoms with Crippen LogP contribution in [0, 0.1) is 5.82 Å². The van der Waals surface area contributed by atoms with Crippen molar-refractivity contribution in [1.82, 2.24) is 9.78 Å². The molecular weight excluding hydrogens is 413 g/mol. The average Bonchev–Trinajstić information content (AvgIpc) is 3.08. The van der Waals surface area contributed by atoms with Gasteiger partial charge in [-0.05, 0) is 12.1 Å². The van der Waals surface area contributed by atoms with Crippen LogP contribution >= 0.6 is 23.2 Å². The average molecular weight is 426 g/mol. The number of aryl methyl sites for hydroxylation is 1. The summed E-state index contributed by atoms with van der Waals surface area (Å²) in [4.78, 5) is 5.20. The van der Waals surface area contributed by atoms with E-state index in [1.807, 2.05) is 0 Å². The fourth-order valence-corrected chi connectivity index (χ4v) is 3.33. The van der Waals surface area contributed by atoms with Crippen molar-refractivity contribution in [3.05, 3.63) is 39.3 Å². The molecule has 0 radical (unpaired) electrons. The Morgan fingerprint density at radius 1 is 1.26 bits per heavy atom. The third kappa shape index (κ3) is 3.51. The predicted octanol–water partition coefficient (Wildman–Crippen LogP) is 5.04. The highest BCUT2D eigenvalue weighted by Gasteiger charge is 2.40. The lowest BCUT2D eigenvalue weighted by Crippen LogP contribution is -2.26. The molecule has 2 aromatic rings. The van der Waals surface area contributed by atoms with Crippen LogP contribution in [0.3, 0.4) is 0 Å². The predicted molar refractivity (Wildman–Crippen MR) is 91.3 cm³/mol. The van der Waals surface area contributed by atoms with E-state index in [4.69, 9.17) is 32.8 Å². The second kappa shape index (κ2) is 6.65. The van der Waals surface area contributed by atoms with Crippen molar-refractivity contribution in [2.24, 2.45) is 12.2 Å². The molecule has 1 aromatic heterocycles. The fraction of sp³-hybridized carbons (Fsp3) is 0.375. The maximum absolute atomic E-state index is 14.5. The Morgan fingerprint density at radius 3 is 2.44 bits per heavy atom. The normalized spacial score (nSPS) is 20.0. The maximum atomic E-state index is 14.5. The Balaban J connectivity index is 2.12. The van der Waals surface area contributed by atoms with Crippen LogP contribution in [0.2, 0.25) is 10.0 Å². The zero-order chi connectivity index (χ0) is 20.1. The minimum Gasteiger partial charge on any atom is -0.360 e. The smallest absolute Gasteiger partial charge is 0.360 e. The second-order valence-electron chi connectivity index (χ2n) is 6.09. The molecule has 0 saturated carbocycles. The number of oxime groups is 1. The summed E-state index contributed by atoms with van der Waals surface area (Å²) in [6.07, 6.45) is -4.54. The Morgan fingerprint density at radius 2 is 1.93 bits per heavy atom. The molecule has 1 aromatic carbocycles. The lowest BCUT2D eigenvalue weighted by molar-refractivity contribution is -0.192. The summed E-state index contributed by atoms with van der Waals surface area (Å²) in [7, 11) is 2.51. The molecule has 0 bridgehead atoms. The number of rotatable bonds is 3. The van der Waals surface area contributed by atoms with Gasteiger partial charge in [0.2, 0.25) is 5.79 Å². The van der Waals surface area contributed by atoms with Crippen molar-refractivity contribution in [2.75, 3.05) is 7.11 Å². The molecule has 0 N–H and O–H groups in total. The summed E-state index contributed by atoms with van der Waals surface area (Å²) in [6, 6.07) is 2.21. The van der Waals surface area contributed by atoms with Gasteiger partial charge in [0.05, 0.1) is 22.2 Å².